The van der Waals surface area contributed by atoms with Crippen LogP contribution in [0.15, 0.2) is 18.2 Å². The lowest BCUT2D eigenvalue weighted by Gasteiger charge is -2.26. The lowest BCUT2D eigenvalue weighted by molar-refractivity contribution is 0.0192. The van der Waals surface area contributed by atoms with Crippen LogP contribution in [0.4, 0.5) is 8.78 Å². The van der Waals surface area contributed by atoms with Crippen molar-refractivity contribution in [2.24, 2.45) is 11.8 Å². The first-order valence-electron chi connectivity index (χ1n) is 6.67. The summed E-state index contributed by atoms with van der Waals surface area (Å²) in [4.78, 5) is 0. The van der Waals surface area contributed by atoms with Gasteiger partial charge in [-0.25, -0.2) is 8.78 Å². The second-order valence-electron chi connectivity index (χ2n) is 4.98. The number of hydrogen-bond acceptors (Lipinski definition) is 3. The lowest BCUT2D eigenvalue weighted by Crippen LogP contribution is -2.47. The third-order valence-electron chi connectivity index (χ3n) is 3.50. The first-order chi connectivity index (χ1) is 9.15. The normalized spacial score (nSPS) is 18.3. The van der Waals surface area contributed by atoms with E-state index < -0.39 is 11.6 Å². The Morgan fingerprint density at radius 3 is 2.63 bits per heavy atom. The van der Waals surface area contributed by atoms with Crippen LogP contribution >= 0.6 is 0 Å². The van der Waals surface area contributed by atoms with Crippen LogP contribution in [0.5, 0.6) is 0 Å². The summed E-state index contributed by atoms with van der Waals surface area (Å²) in [6, 6.07) is 3.86. The van der Waals surface area contributed by atoms with Crippen molar-refractivity contribution >= 4 is 0 Å². The van der Waals surface area contributed by atoms with Crippen LogP contribution < -0.4 is 11.3 Å². The van der Waals surface area contributed by atoms with Gasteiger partial charge in [0.15, 0.2) is 11.6 Å². The highest BCUT2D eigenvalue weighted by molar-refractivity contribution is 5.19. The Morgan fingerprint density at radius 2 is 2.11 bits per heavy atom. The van der Waals surface area contributed by atoms with Gasteiger partial charge in [0.05, 0.1) is 12.1 Å². The Hall–Kier alpha value is -1.04. The molecule has 0 spiro atoms. The van der Waals surface area contributed by atoms with Crippen molar-refractivity contribution in [3.8, 4) is 0 Å². The summed E-state index contributed by atoms with van der Waals surface area (Å²) in [6.07, 6.45) is 2.83. The molecule has 0 amide bonds. The summed E-state index contributed by atoms with van der Waals surface area (Å²) in [5.41, 5.74) is 3.46. The van der Waals surface area contributed by atoms with Gasteiger partial charge in [0.2, 0.25) is 0 Å². The predicted molar refractivity (Wildman–Crippen MR) is 69.3 cm³/mol. The Morgan fingerprint density at radius 1 is 1.37 bits per heavy atom. The highest BCUT2D eigenvalue weighted by atomic mass is 19.2. The molecular formula is C14H20F2N2O. The number of hydrogen-bond donors (Lipinski definition) is 2. The van der Waals surface area contributed by atoms with E-state index in [0.29, 0.717) is 24.5 Å². The van der Waals surface area contributed by atoms with Gasteiger partial charge in [0.1, 0.15) is 0 Å². The van der Waals surface area contributed by atoms with Crippen molar-refractivity contribution in [2.75, 3.05) is 6.61 Å². The Kier molecular flexibility index (Phi) is 4.85. The maximum atomic E-state index is 13.2. The molecule has 106 valence electrons. The number of ether oxygens (including phenoxy) is 1. The molecule has 5 heteroatoms. The molecule has 3 N–H and O–H groups in total. The maximum absolute atomic E-state index is 13.2. The average Bonchev–Trinajstić information content (AvgIpc) is 3.22. The molecule has 1 aromatic rings. The molecule has 2 atom stereocenters. The van der Waals surface area contributed by atoms with Gasteiger partial charge in [0.25, 0.3) is 0 Å². The molecule has 2 rings (SSSR count). The number of hydrazine groups is 1. The van der Waals surface area contributed by atoms with Gasteiger partial charge < -0.3 is 4.74 Å². The van der Waals surface area contributed by atoms with Crippen molar-refractivity contribution in [3.05, 3.63) is 35.4 Å². The molecule has 0 radical (unpaired) electrons. The molecule has 1 aromatic carbocycles. The van der Waals surface area contributed by atoms with E-state index in [1.54, 1.807) is 6.07 Å². The third kappa shape index (κ3) is 3.72. The van der Waals surface area contributed by atoms with Gasteiger partial charge >= 0.3 is 0 Å². The molecule has 0 aliphatic heterocycles. The van der Waals surface area contributed by atoms with E-state index in [0.717, 1.165) is 18.9 Å². The van der Waals surface area contributed by atoms with E-state index in [9.17, 15) is 8.78 Å². The van der Waals surface area contributed by atoms with Gasteiger partial charge in [-0.1, -0.05) is 6.07 Å². The zero-order chi connectivity index (χ0) is 13.8. The molecule has 1 aliphatic carbocycles. The predicted octanol–water partition coefficient (Wildman–Crippen LogP) is 2.15. The van der Waals surface area contributed by atoms with Crippen molar-refractivity contribution in [1.82, 2.24) is 5.43 Å². The van der Waals surface area contributed by atoms with E-state index in [4.69, 9.17) is 10.6 Å². The number of rotatable bonds is 7. The Labute approximate surface area is 112 Å². The van der Waals surface area contributed by atoms with E-state index in [-0.39, 0.29) is 12.1 Å². The molecule has 19 heavy (non-hydrogen) atoms. The van der Waals surface area contributed by atoms with E-state index >= 15 is 0 Å². The van der Waals surface area contributed by atoms with Gasteiger partial charge in [-0.3, -0.25) is 11.3 Å². The maximum Gasteiger partial charge on any atom is 0.159 e. The molecule has 0 saturated heterocycles. The zero-order valence-corrected chi connectivity index (χ0v) is 11.0. The van der Waals surface area contributed by atoms with Crippen LogP contribution in [0.2, 0.25) is 0 Å². The monoisotopic (exact) mass is 270 g/mol. The summed E-state index contributed by atoms with van der Waals surface area (Å²) in [5, 5.41) is 0. The highest BCUT2D eigenvalue weighted by Gasteiger charge is 2.36. The Bertz CT molecular complexity index is 424. The van der Waals surface area contributed by atoms with E-state index in [2.05, 4.69) is 5.43 Å². The van der Waals surface area contributed by atoms with Gasteiger partial charge in [-0.05, 0) is 49.8 Å². The number of benzene rings is 1. The van der Waals surface area contributed by atoms with Crippen LogP contribution in [-0.4, -0.2) is 18.8 Å². The molecular weight excluding hydrogens is 250 g/mol. The fourth-order valence-electron chi connectivity index (χ4n) is 2.39. The topological polar surface area (TPSA) is 47.3 Å². The van der Waals surface area contributed by atoms with E-state index in [1.807, 2.05) is 6.92 Å². The van der Waals surface area contributed by atoms with Crippen LogP contribution in [0.25, 0.3) is 0 Å². The van der Waals surface area contributed by atoms with Crippen molar-refractivity contribution in [2.45, 2.75) is 38.3 Å². The van der Waals surface area contributed by atoms with Crippen LogP contribution in [0, 0.1) is 17.6 Å². The molecule has 1 saturated carbocycles. The number of nitrogens with two attached hydrogens (primary N) is 1. The first kappa shape index (κ1) is 14.4. The third-order valence-corrected chi connectivity index (χ3v) is 3.50. The smallest absolute Gasteiger partial charge is 0.159 e. The summed E-state index contributed by atoms with van der Waals surface area (Å²) in [6.45, 7) is 2.57. The fraction of sp³-hybridized carbons (Fsp3) is 0.571. The molecule has 1 fully saturated rings. The van der Waals surface area contributed by atoms with Crippen molar-refractivity contribution in [3.63, 3.8) is 0 Å². The van der Waals surface area contributed by atoms with Crippen LogP contribution in [-0.2, 0) is 11.2 Å². The minimum Gasteiger partial charge on any atom is -0.377 e. The lowest BCUT2D eigenvalue weighted by atomic mass is 9.98. The summed E-state index contributed by atoms with van der Waals surface area (Å²) in [7, 11) is 0. The van der Waals surface area contributed by atoms with Crippen LogP contribution in [0.1, 0.15) is 25.3 Å². The van der Waals surface area contributed by atoms with Gasteiger partial charge in [-0.2, -0.15) is 0 Å². The quantitative estimate of drug-likeness (QED) is 0.589. The molecule has 0 heterocycles. The van der Waals surface area contributed by atoms with Crippen molar-refractivity contribution < 1.29 is 13.5 Å². The SMILES string of the molecule is CCOC(C1CC1)C(Cc1ccc(F)c(F)c1)NN. The highest BCUT2D eigenvalue weighted by Crippen LogP contribution is 2.36. The first-order valence-corrected chi connectivity index (χ1v) is 6.67. The van der Waals surface area contributed by atoms with Crippen molar-refractivity contribution in [1.29, 1.82) is 0 Å². The standard InChI is InChI=1S/C14H20F2N2O/c1-2-19-14(10-4-5-10)13(18-17)8-9-3-6-11(15)12(16)7-9/h3,6-7,10,13-14,18H,2,4-5,8,17H2,1H3. The molecule has 1 aliphatic rings. The summed E-state index contributed by atoms with van der Waals surface area (Å²) >= 11 is 0. The zero-order valence-electron chi connectivity index (χ0n) is 11.0. The molecule has 2 unspecified atom stereocenters. The van der Waals surface area contributed by atoms with E-state index in [1.165, 1.54) is 6.07 Å². The second-order valence-corrected chi connectivity index (χ2v) is 4.98. The Balaban J connectivity index is 2.06. The minimum atomic E-state index is -0.829. The summed E-state index contributed by atoms with van der Waals surface area (Å²) < 4.78 is 31.8. The molecule has 0 aromatic heterocycles. The fourth-order valence-corrected chi connectivity index (χ4v) is 2.39. The molecule has 3 nitrogen and oxygen atoms in total. The largest absolute Gasteiger partial charge is 0.377 e. The summed E-state index contributed by atoms with van der Waals surface area (Å²) in [5.74, 6) is 4.45. The molecule has 0 bridgehead atoms. The number of nitrogens with one attached hydrogen (secondary N) is 1. The second kappa shape index (κ2) is 6.41. The number of halogens is 2. The van der Waals surface area contributed by atoms with Crippen LogP contribution in [0.3, 0.4) is 0 Å². The van der Waals surface area contributed by atoms with Gasteiger partial charge in [-0.15, -0.1) is 0 Å². The minimum absolute atomic E-state index is 0.0307. The average molecular weight is 270 g/mol. The van der Waals surface area contributed by atoms with Gasteiger partial charge in [0, 0.05) is 6.61 Å².